The van der Waals surface area contributed by atoms with Crippen molar-refractivity contribution in [1.82, 2.24) is 4.31 Å². The summed E-state index contributed by atoms with van der Waals surface area (Å²) in [5.74, 6) is -2.02. The lowest BCUT2D eigenvalue weighted by Crippen LogP contribution is -2.35. The van der Waals surface area contributed by atoms with E-state index in [1.807, 2.05) is 0 Å². The summed E-state index contributed by atoms with van der Waals surface area (Å²) in [5, 5.41) is 2.50. The Morgan fingerprint density at radius 1 is 1.19 bits per heavy atom. The predicted molar refractivity (Wildman–Crippen MR) is 96.4 cm³/mol. The molecule has 144 valence electrons. The maximum Gasteiger partial charge on any atom is 0.248 e. The molecule has 0 heterocycles. The number of amides is 2. The molecule has 2 aromatic rings. The van der Waals surface area contributed by atoms with Gasteiger partial charge in [-0.3, -0.25) is 9.59 Å². The van der Waals surface area contributed by atoms with Gasteiger partial charge in [0.2, 0.25) is 21.8 Å². The number of benzene rings is 2. The topological polar surface area (TPSA) is 119 Å². The van der Waals surface area contributed by atoms with Crippen LogP contribution in [0.1, 0.15) is 10.4 Å². The molecule has 2 rings (SSSR count). The molecule has 0 unspecified atom stereocenters. The fourth-order valence-electron chi connectivity index (χ4n) is 2.23. The number of anilines is 1. The zero-order valence-electron chi connectivity index (χ0n) is 14.6. The van der Waals surface area contributed by atoms with Crippen molar-refractivity contribution in [3.63, 3.8) is 0 Å². The highest BCUT2D eigenvalue weighted by Gasteiger charge is 2.27. The first-order valence-corrected chi connectivity index (χ1v) is 9.08. The Kier molecular flexibility index (Phi) is 6.13. The number of carbonyl (C=O) groups excluding carboxylic acids is 2. The van der Waals surface area contributed by atoms with Crippen LogP contribution in [-0.4, -0.2) is 45.2 Å². The van der Waals surface area contributed by atoms with E-state index in [9.17, 15) is 22.4 Å². The van der Waals surface area contributed by atoms with Crippen LogP contribution in [0.4, 0.5) is 10.1 Å². The van der Waals surface area contributed by atoms with E-state index in [2.05, 4.69) is 5.32 Å². The SMILES string of the molecule is COc1ccc(F)cc1S(=O)(=O)N(C)CC(=O)Nc1ccc(C(N)=O)cc1. The number of nitrogens with zero attached hydrogens (tertiary/aromatic N) is 1. The smallest absolute Gasteiger partial charge is 0.248 e. The quantitative estimate of drug-likeness (QED) is 0.730. The second-order valence-corrected chi connectivity index (χ2v) is 7.56. The molecule has 0 spiro atoms. The Labute approximate surface area is 155 Å². The minimum atomic E-state index is -4.16. The number of carbonyl (C=O) groups is 2. The number of likely N-dealkylation sites (N-methyl/N-ethyl adjacent to an activating group) is 1. The summed E-state index contributed by atoms with van der Waals surface area (Å²) in [6.07, 6.45) is 0. The number of nitrogens with one attached hydrogen (secondary N) is 1. The fraction of sp³-hybridized carbons (Fsp3) is 0.176. The van der Waals surface area contributed by atoms with Gasteiger partial charge in [-0.15, -0.1) is 0 Å². The van der Waals surface area contributed by atoms with Crippen molar-refractivity contribution in [1.29, 1.82) is 0 Å². The number of hydrogen-bond acceptors (Lipinski definition) is 5. The highest BCUT2D eigenvalue weighted by atomic mass is 32.2. The van der Waals surface area contributed by atoms with E-state index in [0.717, 1.165) is 16.4 Å². The van der Waals surface area contributed by atoms with Gasteiger partial charge in [0.1, 0.15) is 16.5 Å². The third-order valence-corrected chi connectivity index (χ3v) is 5.46. The Morgan fingerprint density at radius 3 is 2.37 bits per heavy atom. The molecule has 10 heteroatoms. The van der Waals surface area contributed by atoms with E-state index in [-0.39, 0.29) is 16.2 Å². The minimum absolute atomic E-state index is 0.0364. The summed E-state index contributed by atoms with van der Waals surface area (Å²) >= 11 is 0. The second-order valence-electron chi connectivity index (χ2n) is 5.55. The number of primary amides is 1. The van der Waals surface area contributed by atoms with Gasteiger partial charge in [0, 0.05) is 18.3 Å². The van der Waals surface area contributed by atoms with Gasteiger partial charge in [0.25, 0.3) is 0 Å². The van der Waals surface area contributed by atoms with Crippen molar-refractivity contribution in [2.45, 2.75) is 4.90 Å². The van der Waals surface area contributed by atoms with Crippen molar-refractivity contribution in [3.05, 3.63) is 53.8 Å². The van der Waals surface area contributed by atoms with E-state index in [4.69, 9.17) is 10.5 Å². The predicted octanol–water partition coefficient (Wildman–Crippen LogP) is 1.19. The summed E-state index contributed by atoms with van der Waals surface area (Å²) in [7, 11) is -1.71. The lowest BCUT2D eigenvalue weighted by atomic mass is 10.2. The second kappa shape index (κ2) is 8.14. The summed E-state index contributed by atoms with van der Waals surface area (Å²) < 4.78 is 44.4. The molecule has 0 radical (unpaired) electrons. The first-order valence-electron chi connectivity index (χ1n) is 7.64. The molecule has 3 N–H and O–H groups in total. The fourth-order valence-corrected chi connectivity index (χ4v) is 3.52. The van der Waals surface area contributed by atoms with Crippen LogP contribution in [0.3, 0.4) is 0 Å². The number of nitrogens with two attached hydrogens (primary N) is 1. The van der Waals surface area contributed by atoms with Gasteiger partial charge in [-0.25, -0.2) is 12.8 Å². The highest BCUT2D eigenvalue weighted by molar-refractivity contribution is 7.89. The Bertz CT molecular complexity index is 961. The normalized spacial score (nSPS) is 11.3. The molecular weight excluding hydrogens is 377 g/mol. The maximum absolute atomic E-state index is 13.5. The molecule has 0 aliphatic rings. The third-order valence-electron chi connectivity index (χ3n) is 3.63. The number of methoxy groups -OCH3 is 1. The summed E-state index contributed by atoms with van der Waals surface area (Å²) in [6, 6.07) is 8.86. The number of sulfonamides is 1. The molecule has 0 saturated heterocycles. The maximum atomic E-state index is 13.5. The Morgan fingerprint density at radius 2 is 1.81 bits per heavy atom. The largest absolute Gasteiger partial charge is 0.495 e. The molecule has 2 amide bonds. The molecule has 8 nitrogen and oxygen atoms in total. The van der Waals surface area contributed by atoms with E-state index in [0.29, 0.717) is 5.69 Å². The first-order chi connectivity index (χ1) is 12.6. The molecule has 0 fully saturated rings. The standard InChI is InChI=1S/C17H18FN3O5S/c1-21(27(24,25)15-9-12(18)5-8-14(15)26-2)10-16(22)20-13-6-3-11(4-7-13)17(19)23/h3-9H,10H2,1-2H3,(H2,19,23)(H,20,22). The third kappa shape index (κ3) is 4.80. The molecule has 0 atom stereocenters. The van der Waals surface area contributed by atoms with Gasteiger partial charge in [-0.1, -0.05) is 0 Å². The lowest BCUT2D eigenvalue weighted by Gasteiger charge is -2.18. The zero-order chi connectivity index (χ0) is 20.2. The van der Waals surface area contributed by atoms with E-state index < -0.39 is 34.2 Å². The number of halogens is 1. The van der Waals surface area contributed by atoms with Crippen LogP contribution < -0.4 is 15.8 Å². The molecule has 0 aromatic heterocycles. The summed E-state index contributed by atoms with van der Waals surface area (Å²) in [5.41, 5.74) is 5.76. The van der Waals surface area contributed by atoms with Crippen molar-refractivity contribution in [2.24, 2.45) is 5.73 Å². The Hall–Kier alpha value is -2.98. The average molecular weight is 395 g/mol. The molecular formula is C17H18FN3O5S. The Balaban J connectivity index is 2.13. The van der Waals surface area contributed by atoms with Crippen molar-refractivity contribution in [3.8, 4) is 5.75 Å². The summed E-state index contributed by atoms with van der Waals surface area (Å²) in [6.45, 7) is -0.514. The van der Waals surface area contributed by atoms with Crippen molar-refractivity contribution >= 4 is 27.5 Å². The number of hydrogen-bond donors (Lipinski definition) is 2. The van der Waals surface area contributed by atoms with Gasteiger partial charge in [0.15, 0.2) is 0 Å². The van der Waals surface area contributed by atoms with E-state index in [1.165, 1.54) is 44.5 Å². The van der Waals surface area contributed by atoms with Gasteiger partial charge < -0.3 is 15.8 Å². The molecule has 2 aromatic carbocycles. The van der Waals surface area contributed by atoms with Crippen molar-refractivity contribution in [2.75, 3.05) is 26.0 Å². The van der Waals surface area contributed by atoms with Crippen molar-refractivity contribution < 1.29 is 27.1 Å². The molecule has 0 saturated carbocycles. The highest BCUT2D eigenvalue weighted by Crippen LogP contribution is 2.26. The minimum Gasteiger partial charge on any atom is -0.495 e. The van der Waals surface area contributed by atoms with Crippen LogP contribution in [-0.2, 0) is 14.8 Å². The summed E-state index contributed by atoms with van der Waals surface area (Å²) in [4.78, 5) is 22.8. The number of rotatable bonds is 7. The lowest BCUT2D eigenvalue weighted by molar-refractivity contribution is -0.116. The monoisotopic (exact) mass is 395 g/mol. The van der Waals surface area contributed by atoms with Gasteiger partial charge in [0.05, 0.1) is 13.7 Å². The van der Waals surface area contributed by atoms with Gasteiger partial charge in [-0.2, -0.15) is 4.31 Å². The molecule has 0 bridgehead atoms. The molecule has 0 aliphatic heterocycles. The molecule has 27 heavy (non-hydrogen) atoms. The molecule has 0 aliphatic carbocycles. The van der Waals surface area contributed by atoms with Crippen LogP contribution in [0.2, 0.25) is 0 Å². The van der Waals surface area contributed by atoms with Crippen LogP contribution in [0.5, 0.6) is 5.75 Å². The zero-order valence-corrected chi connectivity index (χ0v) is 15.4. The van der Waals surface area contributed by atoms with Crippen LogP contribution in [0.25, 0.3) is 0 Å². The average Bonchev–Trinajstić information content (AvgIpc) is 2.61. The van der Waals surface area contributed by atoms with E-state index in [1.54, 1.807) is 0 Å². The number of ether oxygens (including phenoxy) is 1. The van der Waals surface area contributed by atoms with Gasteiger partial charge >= 0.3 is 0 Å². The van der Waals surface area contributed by atoms with Crippen LogP contribution in [0, 0.1) is 5.82 Å². The van der Waals surface area contributed by atoms with E-state index >= 15 is 0 Å². The van der Waals surface area contributed by atoms with Crippen LogP contribution >= 0.6 is 0 Å². The van der Waals surface area contributed by atoms with Gasteiger partial charge in [-0.05, 0) is 42.5 Å². The first kappa shape index (κ1) is 20.3. The van der Waals surface area contributed by atoms with Crippen LogP contribution in [0.15, 0.2) is 47.4 Å².